The Morgan fingerprint density at radius 1 is 1.17 bits per heavy atom. The van der Waals surface area contributed by atoms with E-state index in [0.717, 1.165) is 29.7 Å². The molecule has 1 aliphatic carbocycles. The van der Waals surface area contributed by atoms with Gasteiger partial charge in [-0.05, 0) is 75.2 Å². The van der Waals surface area contributed by atoms with E-state index in [1.54, 1.807) is 39.1 Å². The van der Waals surface area contributed by atoms with Crippen molar-refractivity contribution >= 4 is 35.2 Å². The van der Waals surface area contributed by atoms with Crippen LogP contribution >= 0.6 is 12.1 Å². The quantitative estimate of drug-likeness (QED) is 0.404. The van der Waals surface area contributed by atoms with Gasteiger partial charge in [-0.15, -0.1) is 0 Å². The molecule has 0 unspecified atom stereocenters. The van der Waals surface area contributed by atoms with Gasteiger partial charge in [0.2, 0.25) is 0 Å². The Labute approximate surface area is 213 Å². The molecule has 0 bridgehead atoms. The van der Waals surface area contributed by atoms with Crippen LogP contribution in [0.3, 0.4) is 0 Å². The first-order valence-corrected chi connectivity index (χ1v) is 12.5. The lowest BCUT2D eigenvalue weighted by Crippen LogP contribution is -2.31. The van der Waals surface area contributed by atoms with Gasteiger partial charge in [-0.1, -0.05) is 6.07 Å². The van der Waals surface area contributed by atoms with Crippen LogP contribution in [-0.4, -0.2) is 27.9 Å². The van der Waals surface area contributed by atoms with E-state index in [1.807, 2.05) is 23.5 Å². The first-order valence-electron chi connectivity index (χ1n) is 11.7. The normalized spacial score (nSPS) is 15.1. The van der Waals surface area contributed by atoms with E-state index in [1.165, 1.54) is 22.8 Å². The van der Waals surface area contributed by atoms with Crippen LogP contribution < -0.4 is 25.7 Å². The molecule has 3 N–H and O–H groups in total. The second-order valence-electron chi connectivity index (χ2n) is 9.30. The second-order valence-corrected chi connectivity index (χ2v) is 10.3. The zero-order chi connectivity index (χ0) is 25.6. The highest BCUT2D eigenvalue weighted by molar-refractivity contribution is 7.98. The minimum atomic E-state index is -0.483. The number of carbonyl (C=O) groups is 1. The summed E-state index contributed by atoms with van der Waals surface area (Å²) in [5.74, 6) is -0.0460. The lowest BCUT2D eigenvalue weighted by Gasteiger charge is -2.25. The van der Waals surface area contributed by atoms with Gasteiger partial charge in [0.25, 0.3) is 11.5 Å². The first kappa shape index (κ1) is 24.2. The summed E-state index contributed by atoms with van der Waals surface area (Å²) in [6, 6.07) is 10.4. The number of hydrogen-bond acceptors (Lipinski definition) is 7. The molecule has 1 aliphatic heterocycles. The van der Waals surface area contributed by atoms with Crippen LogP contribution in [0.4, 0.5) is 21.6 Å². The fourth-order valence-corrected chi connectivity index (χ4v) is 4.77. The summed E-state index contributed by atoms with van der Waals surface area (Å²) in [5, 5.41) is 5.98. The van der Waals surface area contributed by atoms with E-state index >= 15 is 0 Å². The van der Waals surface area contributed by atoms with Gasteiger partial charge >= 0.3 is 0 Å². The zero-order valence-electron chi connectivity index (χ0n) is 20.6. The molecule has 1 aromatic heterocycles. The summed E-state index contributed by atoms with van der Waals surface area (Å²) in [4.78, 5) is 26.7. The number of nitrogens with zero attached hydrogens (tertiary/aromatic N) is 2. The van der Waals surface area contributed by atoms with Crippen molar-refractivity contribution in [2.45, 2.75) is 39.3 Å². The van der Waals surface area contributed by atoms with E-state index in [9.17, 15) is 14.0 Å². The Kier molecular flexibility index (Phi) is 6.40. The number of hydrogen-bond donors (Lipinski definition) is 3. The molecule has 36 heavy (non-hydrogen) atoms. The van der Waals surface area contributed by atoms with Crippen molar-refractivity contribution < 1.29 is 13.9 Å². The Bertz CT molecular complexity index is 1420. The minimum Gasteiger partial charge on any atom is -0.456 e. The molecule has 10 heteroatoms. The Balaban J connectivity index is 1.62. The number of nitrogens with one attached hydrogen (secondary N) is 3. The van der Waals surface area contributed by atoms with Crippen LogP contribution in [-0.2, 0) is 13.6 Å². The average Bonchev–Trinajstić information content (AvgIpc) is 3.65. The number of rotatable bonds is 6. The SMILES string of the molecule is Cc1ccc(Nc2c(C(=O)NC3CC3)c(Oc3ccc4c(c3)CN(C)SN4)c(C)c(=O)n2C)c(F)c1. The van der Waals surface area contributed by atoms with Crippen LogP contribution in [0.25, 0.3) is 0 Å². The number of carbonyl (C=O) groups excluding carboxylic acids is 1. The molecule has 0 radical (unpaired) electrons. The number of ether oxygens (including phenoxy) is 1. The highest BCUT2D eigenvalue weighted by Crippen LogP contribution is 2.37. The molecule has 188 valence electrons. The van der Waals surface area contributed by atoms with Crippen molar-refractivity contribution in [2.75, 3.05) is 17.1 Å². The zero-order valence-corrected chi connectivity index (χ0v) is 21.4. The van der Waals surface area contributed by atoms with E-state index in [2.05, 4.69) is 15.4 Å². The number of pyridine rings is 1. The van der Waals surface area contributed by atoms with Gasteiger partial charge < -0.3 is 20.1 Å². The molecule has 3 aromatic rings. The second kappa shape index (κ2) is 9.51. The van der Waals surface area contributed by atoms with E-state index in [0.29, 0.717) is 12.3 Å². The van der Waals surface area contributed by atoms with Gasteiger partial charge in [-0.3, -0.25) is 14.2 Å². The summed E-state index contributed by atoms with van der Waals surface area (Å²) < 4.78 is 27.6. The number of aryl methyl sites for hydroxylation is 1. The maximum absolute atomic E-state index is 14.7. The Hall–Kier alpha value is -3.50. The molecule has 2 aromatic carbocycles. The molecule has 1 amide bonds. The number of benzene rings is 2. The summed E-state index contributed by atoms with van der Waals surface area (Å²) in [7, 11) is 3.53. The van der Waals surface area contributed by atoms with Crippen LogP contribution in [0, 0.1) is 19.7 Å². The van der Waals surface area contributed by atoms with Crippen molar-refractivity contribution in [3.05, 3.63) is 74.8 Å². The first-order chi connectivity index (χ1) is 17.2. The molecule has 0 spiro atoms. The predicted octanol–water partition coefficient (Wildman–Crippen LogP) is 4.99. The largest absolute Gasteiger partial charge is 0.456 e. The lowest BCUT2D eigenvalue weighted by atomic mass is 10.1. The number of amides is 1. The molecule has 8 nitrogen and oxygen atoms in total. The summed E-state index contributed by atoms with van der Waals surface area (Å²) in [5.41, 5.74) is 3.03. The van der Waals surface area contributed by atoms with Gasteiger partial charge in [-0.2, -0.15) is 0 Å². The van der Waals surface area contributed by atoms with Crippen LogP contribution in [0.1, 0.15) is 39.9 Å². The average molecular weight is 510 g/mol. The van der Waals surface area contributed by atoms with Gasteiger partial charge in [-0.25, -0.2) is 8.70 Å². The monoisotopic (exact) mass is 509 g/mol. The smallest absolute Gasteiger partial charge is 0.259 e. The van der Waals surface area contributed by atoms with E-state index in [4.69, 9.17) is 4.74 Å². The standard InChI is InChI=1S/C26H28FN5O3S/c1-14-5-9-21(19(27)11-14)29-24-22(25(33)28-17-6-7-17)23(15(2)26(34)32(24)4)35-18-8-10-20-16(12-18)13-31(3)36-30-20/h5,8-12,17,29-30H,6-7,13H2,1-4H3,(H,28,33). The molecule has 0 saturated heterocycles. The van der Waals surface area contributed by atoms with E-state index < -0.39 is 5.82 Å². The minimum absolute atomic E-state index is 0.0784. The fraction of sp³-hybridized carbons (Fsp3) is 0.308. The molecule has 2 heterocycles. The number of fused-ring (bicyclic) bond motifs is 1. The van der Waals surface area contributed by atoms with Gasteiger partial charge in [0.05, 0.1) is 11.3 Å². The van der Waals surface area contributed by atoms with Gasteiger partial charge in [0.1, 0.15) is 22.9 Å². The van der Waals surface area contributed by atoms with Crippen molar-refractivity contribution in [2.24, 2.45) is 7.05 Å². The van der Waals surface area contributed by atoms with Gasteiger partial charge in [0, 0.05) is 37.5 Å². The number of aromatic nitrogens is 1. The number of halogens is 1. The predicted molar refractivity (Wildman–Crippen MR) is 141 cm³/mol. The van der Waals surface area contributed by atoms with Crippen molar-refractivity contribution in [1.82, 2.24) is 14.2 Å². The lowest BCUT2D eigenvalue weighted by molar-refractivity contribution is 0.0948. The highest BCUT2D eigenvalue weighted by Gasteiger charge is 2.31. The van der Waals surface area contributed by atoms with E-state index in [-0.39, 0.29) is 45.9 Å². The van der Waals surface area contributed by atoms with Crippen molar-refractivity contribution in [1.29, 1.82) is 0 Å². The molecule has 1 saturated carbocycles. The van der Waals surface area contributed by atoms with Crippen LogP contribution in [0.5, 0.6) is 11.5 Å². The topological polar surface area (TPSA) is 87.6 Å². The van der Waals surface area contributed by atoms with Crippen molar-refractivity contribution in [3.63, 3.8) is 0 Å². The summed E-state index contributed by atoms with van der Waals surface area (Å²) in [6.07, 6.45) is 1.79. The van der Waals surface area contributed by atoms with Crippen LogP contribution in [0.15, 0.2) is 41.2 Å². The third-order valence-electron chi connectivity index (χ3n) is 6.28. The summed E-state index contributed by atoms with van der Waals surface area (Å²) in [6.45, 7) is 4.12. The molecule has 1 fully saturated rings. The fourth-order valence-electron chi connectivity index (χ4n) is 4.11. The maximum atomic E-state index is 14.7. The molecular formula is C26H28FN5O3S. The molecule has 0 atom stereocenters. The van der Waals surface area contributed by atoms with Crippen molar-refractivity contribution in [3.8, 4) is 11.5 Å². The third-order valence-corrected chi connectivity index (χ3v) is 7.04. The highest BCUT2D eigenvalue weighted by atomic mass is 32.2. The molecular weight excluding hydrogens is 481 g/mol. The van der Waals surface area contributed by atoms with Crippen LogP contribution in [0.2, 0.25) is 0 Å². The summed E-state index contributed by atoms with van der Waals surface area (Å²) >= 11 is 1.51. The molecule has 5 rings (SSSR count). The Morgan fingerprint density at radius 2 is 1.94 bits per heavy atom. The third kappa shape index (κ3) is 4.78. The maximum Gasteiger partial charge on any atom is 0.259 e. The molecule has 2 aliphatic rings. The Morgan fingerprint density at radius 3 is 2.67 bits per heavy atom. The number of anilines is 3. The van der Waals surface area contributed by atoms with Gasteiger partial charge in [0.15, 0.2) is 5.75 Å².